The van der Waals surface area contributed by atoms with Crippen LogP contribution < -0.4 is 11.1 Å². The van der Waals surface area contributed by atoms with Crippen molar-refractivity contribution >= 4 is 17.3 Å². The Morgan fingerprint density at radius 3 is 1.58 bits per heavy atom. The Morgan fingerprint density at radius 1 is 0.615 bits per heavy atom. The lowest BCUT2D eigenvalue weighted by Gasteiger charge is -2.02. The number of nitrogen functional groups attached to an aromatic ring is 1. The van der Waals surface area contributed by atoms with Gasteiger partial charge in [-0.3, -0.25) is 0 Å². The predicted molar refractivity (Wildman–Crippen MR) is 105 cm³/mol. The molecular weight excluding hydrogens is 324 g/mol. The topological polar surface area (TPSA) is 89.6 Å². The molecule has 2 aromatic carbocycles. The number of hydrogen-bond donors (Lipinski definition) is 2. The molecule has 0 radical (unpaired) electrons. The third-order valence-electron chi connectivity index (χ3n) is 2.87. The van der Waals surface area contributed by atoms with Gasteiger partial charge in [0.1, 0.15) is 6.33 Å². The molecule has 0 fully saturated rings. The van der Waals surface area contributed by atoms with Gasteiger partial charge in [0.15, 0.2) is 0 Å². The summed E-state index contributed by atoms with van der Waals surface area (Å²) in [6.07, 6.45) is 8.29. The Bertz CT molecular complexity index is 747. The summed E-state index contributed by atoms with van der Waals surface area (Å²) < 4.78 is 0. The monoisotopic (exact) mass is 344 g/mol. The lowest BCUT2D eigenvalue weighted by Crippen LogP contribution is -1.94. The zero-order valence-corrected chi connectivity index (χ0v) is 14.2. The number of anilines is 3. The third kappa shape index (κ3) is 8.16. The van der Waals surface area contributed by atoms with Crippen LogP contribution in [0.4, 0.5) is 17.3 Å². The zero-order chi connectivity index (χ0) is 18.3. The second-order valence-corrected chi connectivity index (χ2v) is 4.88. The van der Waals surface area contributed by atoms with Crippen molar-refractivity contribution < 1.29 is 0 Å². The number of aromatic nitrogens is 4. The largest absolute Gasteiger partial charge is 0.399 e. The minimum atomic E-state index is 0.619. The molecule has 0 saturated carbocycles. The van der Waals surface area contributed by atoms with Crippen molar-refractivity contribution in [3.8, 4) is 0 Å². The fourth-order valence-electron chi connectivity index (χ4n) is 1.72. The molecule has 2 aromatic heterocycles. The SMILES string of the molecule is Nc1ccccc1.c1ccc(Nc2ncccn2)cc1.c1cncnc1. The number of rotatable bonds is 2. The van der Waals surface area contributed by atoms with Crippen molar-refractivity contribution in [1.29, 1.82) is 0 Å². The molecule has 0 saturated heterocycles. The molecule has 4 rings (SSSR count). The average molecular weight is 344 g/mol. The predicted octanol–water partition coefficient (Wildman–Crippen LogP) is 3.97. The Kier molecular flexibility index (Phi) is 8.34. The fraction of sp³-hybridized carbons (Fsp3) is 0. The van der Waals surface area contributed by atoms with E-state index in [0.717, 1.165) is 11.4 Å². The molecule has 0 amide bonds. The number of para-hydroxylation sites is 2. The van der Waals surface area contributed by atoms with Crippen LogP contribution in [-0.2, 0) is 0 Å². The molecule has 130 valence electrons. The second kappa shape index (κ2) is 11.7. The molecule has 0 bridgehead atoms. The summed E-state index contributed by atoms with van der Waals surface area (Å²) in [5.74, 6) is 0.619. The first-order valence-electron chi connectivity index (χ1n) is 7.94. The summed E-state index contributed by atoms with van der Waals surface area (Å²) in [5.41, 5.74) is 7.17. The highest BCUT2D eigenvalue weighted by atomic mass is 15.1. The van der Waals surface area contributed by atoms with E-state index in [-0.39, 0.29) is 0 Å². The molecule has 0 unspecified atom stereocenters. The van der Waals surface area contributed by atoms with Gasteiger partial charge >= 0.3 is 0 Å². The number of nitrogens with zero attached hydrogens (tertiary/aromatic N) is 4. The number of nitrogens with one attached hydrogen (secondary N) is 1. The van der Waals surface area contributed by atoms with Crippen molar-refractivity contribution in [2.24, 2.45) is 0 Å². The van der Waals surface area contributed by atoms with Gasteiger partial charge in [0.05, 0.1) is 0 Å². The van der Waals surface area contributed by atoms with Crippen LogP contribution in [0.3, 0.4) is 0 Å². The summed E-state index contributed by atoms with van der Waals surface area (Å²) in [6.45, 7) is 0. The maximum absolute atomic E-state index is 5.36. The van der Waals surface area contributed by atoms with Crippen LogP contribution in [0.25, 0.3) is 0 Å². The molecule has 0 aliphatic heterocycles. The van der Waals surface area contributed by atoms with Crippen LogP contribution in [0.15, 0.2) is 104 Å². The summed E-state index contributed by atoms with van der Waals surface area (Å²) in [5, 5.41) is 3.08. The Hall–Kier alpha value is -3.80. The first-order valence-corrected chi connectivity index (χ1v) is 7.94. The highest BCUT2D eigenvalue weighted by Gasteiger charge is 1.92. The first kappa shape index (κ1) is 18.5. The molecule has 0 spiro atoms. The van der Waals surface area contributed by atoms with E-state index in [1.807, 2.05) is 60.7 Å². The van der Waals surface area contributed by atoms with Gasteiger partial charge < -0.3 is 11.1 Å². The van der Waals surface area contributed by atoms with E-state index in [1.165, 1.54) is 6.33 Å². The summed E-state index contributed by atoms with van der Waals surface area (Å²) in [7, 11) is 0. The number of nitrogens with two attached hydrogens (primary N) is 1. The number of benzene rings is 2. The van der Waals surface area contributed by atoms with Gasteiger partial charge in [0.2, 0.25) is 5.95 Å². The van der Waals surface area contributed by atoms with Gasteiger partial charge in [-0.25, -0.2) is 19.9 Å². The molecule has 26 heavy (non-hydrogen) atoms. The minimum absolute atomic E-state index is 0.619. The van der Waals surface area contributed by atoms with Crippen LogP contribution in [0, 0.1) is 0 Å². The van der Waals surface area contributed by atoms with Gasteiger partial charge in [0.25, 0.3) is 0 Å². The standard InChI is InChI=1S/C10H9N3.C6H7N.C4H4N2/c1-2-5-9(6-3-1)13-10-11-7-4-8-12-10;7-6-4-2-1-3-5-6;1-2-5-4-6-3-1/h1-8H,(H,11,12,13);1-5H,7H2;1-4H. The van der Waals surface area contributed by atoms with Crippen LogP contribution >= 0.6 is 0 Å². The molecule has 3 N–H and O–H groups in total. The molecule has 0 atom stereocenters. The van der Waals surface area contributed by atoms with Crippen molar-refractivity contribution in [3.63, 3.8) is 0 Å². The lowest BCUT2D eigenvalue weighted by atomic mass is 10.3. The van der Waals surface area contributed by atoms with Gasteiger partial charge in [-0.1, -0.05) is 36.4 Å². The van der Waals surface area contributed by atoms with Crippen molar-refractivity contribution in [2.75, 3.05) is 11.1 Å². The third-order valence-corrected chi connectivity index (χ3v) is 2.87. The van der Waals surface area contributed by atoms with E-state index in [9.17, 15) is 0 Å². The van der Waals surface area contributed by atoms with Gasteiger partial charge in [-0.2, -0.15) is 0 Å². The molecule has 2 heterocycles. The summed E-state index contributed by atoms with van der Waals surface area (Å²) in [6, 6.07) is 22.9. The van der Waals surface area contributed by atoms with E-state index < -0.39 is 0 Å². The van der Waals surface area contributed by atoms with Crippen molar-refractivity contribution in [1.82, 2.24) is 19.9 Å². The van der Waals surface area contributed by atoms with Crippen molar-refractivity contribution in [2.45, 2.75) is 0 Å². The highest BCUT2D eigenvalue weighted by molar-refractivity contribution is 5.52. The smallest absolute Gasteiger partial charge is 0.227 e. The molecule has 0 aliphatic carbocycles. The van der Waals surface area contributed by atoms with Crippen LogP contribution in [0.1, 0.15) is 0 Å². The summed E-state index contributed by atoms with van der Waals surface area (Å²) in [4.78, 5) is 15.5. The van der Waals surface area contributed by atoms with E-state index >= 15 is 0 Å². The van der Waals surface area contributed by atoms with E-state index in [1.54, 1.807) is 36.9 Å². The average Bonchev–Trinajstić information content (AvgIpc) is 2.72. The van der Waals surface area contributed by atoms with E-state index in [2.05, 4.69) is 25.3 Å². The highest BCUT2D eigenvalue weighted by Crippen LogP contribution is 2.09. The maximum atomic E-state index is 5.36. The molecule has 0 aliphatic rings. The number of hydrogen-bond acceptors (Lipinski definition) is 6. The van der Waals surface area contributed by atoms with Gasteiger partial charge in [-0.05, 0) is 36.4 Å². The molecule has 6 heteroatoms. The van der Waals surface area contributed by atoms with Crippen LogP contribution in [0.2, 0.25) is 0 Å². The second-order valence-electron chi connectivity index (χ2n) is 4.88. The van der Waals surface area contributed by atoms with E-state index in [4.69, 9.17) is 5.73 Å². The van der Waals surface area contributed by atoms with Gasteiger partial charge in [-0.15, -0.1) is 0 Å². The van der Waals surface area contributed by atoms with Gasteiger partial charge in [0, 0.05) is 36.2 Å². The molecule has 6 nitrogen and oxygen atoms in total. The molecule has 4 aromatic rings. The quantitative estimate of drug-likeness (QED) is 0.535. The summed E-state index contributed by atoms with van der Waals surface area (Å²) >= 11 is 0. The fourth-order valence-corrected chi connectivity index (χ4v) is 1.72. The van der Waals surface area contributed by atoms with E-state index in [0.29, 0.717) is 5.95 Å². The minimum Gasteiger partial charge on any atom is -0.399 e. The van der Waals surface area contributed by atoms with Crippen molar-refractivity contribution in [3.05, 3.63) is 104 Å². The zero-order valence-electron chi connectivity index (χ0n) is 14.2. The maximum Gasteiger partial charge on any atom is 0.227 e. The molecular formula is C20H20N6. The van der Waals surface area contributed by atoms with Crippen LogP contribution in [-0.4, -0.2) is 19.9 Å². The Morgan fingerprint density at radius 2 is 1.15 bits per heavy atom. The van der Waals surface area contributed by atoms with Crippen LogP contribution in [0.5, 0.6) is 0 Å². The first-order chi connectivity index (χ1) is 12.8. The lowest BCUT2D eigenvalue weighted by molar-refractivity contribution is 1.17. The Balaban J connectivity index is 0.000000157. The normalized spacial score (nSPS) is 8.92. The Labute approximate surface area is 152 Å².